The maximum atomic E-state index is 11.8. The van der Waals surface area contributed by atoms with Crippen LogP contribution in [-0.2, 0) is 11.3 Å². The predicted molar refractivity (Wildman–Crippen MR) is 101 cm³/mol. The molecule has 0 radical (unpaired) electrons. The van der Waals surface area contributed by atoms with Crippen LogP contribution in [0.15, 0.2) is 52.2 Å². The van der Waals surface area contributed by atoms with Gasteiger partial charge in [0.25, 0.3) is 0 Å². The Morgan fingerprint density at radius 1 is 1.31 bits per heavy atom. The number of hydrogen-bond donors (Lipinski definition) is 1. The molecule has 1 N–H and O–H groups in total. The molecule has 0 bridgehead atoms. The second-order valence-electron chi connectivity index (χ2n) is 5.54. The topological polar surface area (TPSA) is 73.0 Å². The minimum absolute atomic E-state index is 0.136. The van der Waals surface area contributed by atoms with E-state index in [9.17, 15) is 4.79 Å². The average Bonchev–Trinajstić information content (AvgIpc) is 3.25. The first-order chi connectivity index (χ1) is 12.7. The summed E-state index contributed by atoms with van der Waals surface area (Å²) in [5, 5.41) is 11.9. The second-order valence-corrected chi connectivity index (χ2v) is 6.48. The lowest BCUT2D eigenvalue weighted by Crippen LogP contribution is -2.25. The van der Waals surface area contributed by atoms with Crippen LogP contribution >= 0.6 is 11.8 Å². The first-order valence-electron chi connectivity index (χ1n) is 8.03. The third-order valence-electron chi connectivity index (χ3n) is 3.72. The van der Waals surface area contributed by atoms with E-state index < -0.39 is 0 Å². The van der Waals surface area contributed by atoms with Crippen LogP contribution in [0.25, 0.3) is 11.4 Å². The van der Waals surface area contributed by atoms with Crippen molar-refractivity contribution in [3.05, 3.63) is 54.0 Å². The van der Waals surface area contributed by atoms with Crippen molar-refractivity contribution in [1.29, 1.82) is 0 Å². The summed E-state index contributed by atoms with van der Waals surface area (Å²) in [4.78, 5) is 11.8. The molecule has 6 nitrogen and oxygen atoms in total. The zero-order valence-electron chi connectivity index (χ0n) is 14.3. The number of aryl methyl sites for hydroxylation is 1. The van der Waals surface area contributed by atoms with E-state index in [1.807, 2.05) is 47.9 Å². The summed E-state index contributed by atoms with van der Waals surface area (Å²) in [6, 6.07) is 11.9. The molecule has 3 aromatic rings. The van der Waals surface area contributed by atoms with Crippen molar-refractivity contribution in [3.63, 3.8) is 0 Å². The third-order valence-corrected chi connectivity index (χ3v) is 4.69. The van der Waals surface area contributed by atoms with Crippen molar-refractivity contribution < 1.29 is 9.21 Å². The molecule has 26 heavy (non-hydrogen) atoms. The molecule has 0 unspecified atom stereocenters. The molecule has 0 aliphatic rings. The summed E-state index contributed by atoms with van der Waals surface area (Å²) < 4.78 is 7.40. The highest BCUT2D eigenvalue weighted by atomic mass is 32.2. The van der Waals surface area contributed by atoms with Gasteiger partial charge in [-0.3, -0.25) is 9.36 Å². The molecule has 0 aliphatic carbocycles. The highest BCUT2D eigenvalue weighted by Crippen LogP contribution is 2.27. The fourth-order valence-electron chi connectivity index (χ4n) is 2.45. The van der Waals surface area contributed by atoms with Gasteiger partial charge in [-0.15, -0.1) is 16.6 Å². The lowest BCUT2D eigenvalue weighted by Gasteiger charge is -2.10. The first kappa shape index (κ1) is 17.8. The van der Waals surface area contributed by atoms with Gasteiger partial charge in [0.05, 0.1) is 30.7 Å². The summed E-state index contributed by atoms with van der Waals surface area (Å²) in [6.45, 7) is 2.70. The summed E-state index contributed by atoms with van der Waals surface area (Å²) in [5.74, 6) is 3.96. The van der Waals surface area contributed by atoms with Crippen LogP contribution < -0.4 is 5.32 Å². The van der Waals surface area contributed by atoms with Gasteiger partial charge in [-0.25, -0.2) is 0 Å². The third kappa shape index (κ3) is 4.16. The van der Waals surface area contributed by atoms with Crippen molar-refractivity contribution >= 4 is 17.7 Å². The van der Waals surface area contributed by atoms with E-state index in [4.69, 9.17) is 10.8 Å². The number of nitrogens with one attached hydrogen (secondary N) is 1. The zero-order valence-corrected chi connectivity index (χ0v) is 15.1. The van der Waals surface area contributed by atoms with Crippen LogP contribution in [0.2, 0.25) is 0 Å². The van der Waals surface area contributed by atoms with Crippen molar-refractivity contribution in [1.82, 2.24) is 20.1 Å². The molecule has 7 heteroatoms. The fourth-order valence-corrected chi connectivity index (χ4v) is 3.22. The zero-order chi connectivity index (χ0) is 18.4. The van der Waals surface area contributed by atoms with Crippen LogP contribution in [0, 0.1) is 19.3 Å². The van der Waals surface area contributed by atoms with Gasteiger partial charge in [-0.05, 0) is 18.6 Å². The van der Waals surface area contributed by atoms with E-state index in [1.54, 1.807) is 6.26 Å². The summed E-state index contributed by atoms with van der Waals surface area (Å²) in [6.07, 6.45) is 6.79. The number of furan rings is 1. The Hall–Kier alpha value is -2.98. The number of terminal acetylenes is 1. The Kier molecular flexibility index (Phi) is 5.77. The molecule has 1 aromatic carbocycles. The van der Waals surface area contributed by atoms with Gasteiger partial charge in [0, 0.05) is 0 Å². The number of benzene rings is 1. The van der Waals surface area contributed by atoms with E-state index in [0.29, 0.717) is 17.5 Å². The molecular formula is C19H18N4O2S. The smallest absolute Gasteiger partial charge is 0.231 e. The van der Waals surface area contributed by atoms with Gasteiger partial charge in [-0.2, -0.15) is 0 Å². The Balaban J connectivity index is 1.87. The SMILES string of the molecule is C#CCNC(=O)CSc1nnc(-c2ccoc2C)n1Cc1ccccc1. The van der Waals surface area contributed by atoms with Crippen LogP contribution in [0.3, 0.4) is 0 Å². The highest BCUT2D eigenvalue weighted by molar-refractivity contribution is 7.99. The quantitative estimate of drug-likeness (QED) is 0.514. The van der Waals surface area contributed by atoms with Gasteiger partial charge >= 0.3 is 0 Å². The van der Waals surface area contributed by atoms with E-state index in [-0.39, 0.29) is 18.2 Å². The molecule has 0 atom stereocenters. The molecule has 3 rings (SSSR count). The minimum Gasteiger partial charge on any atom is -0.469 e. The Morgan fingerprint density at radius 2 is 2.12 bits per heavy atom. The first-order valence-corrected chi connectivity index (χ1v) is 9.02. The van der Waals surface area contributed by atoms with E-state index >= 15 is 0 Å². The number of nitrogens with zero attached hydrogens (tertiary/aromatic N) is 3. The molecule has 132 valence electrons. The van der Waals surface area contributed by atoms with Gasteiger partial charge in [0.1, 0.15) is 5.76 Å². The molecule has 2 aromatic heterocycles. The van der Waals surface area contributed by atoms with Crippen molar-refractivity contribution in [2.75, 3.05) is 12.3 Å². The summed E-state index contributed by atoms with van der Waals surface area (Å²) in [5.41, 5.74) is 2.00. The van der Waals surface area contributed by atoms with Gasteiger partial charge < -0.3 is 9.73 Å². The molecule has 0 saturated carbocycles. The molecule has 0 spiro atoms. The number of amides is 1. The van der Waals surface area contributed by atoms with E-state index in [0.717, 1.165) is 16.9 Å². The summed E-state index contributed by atoms with van der Waals surface area (Å²) >= 11 is 1.33. The van der Waals surface area contributed by atoms with Gasteiger partial charge in [0.2, 0.25) is 5.91 Å². The van der Waals surface area contributed by atoms with Crippen molar-refractivity contribution in [3.8, 4) is 23.7 Å². The van der Waals surface area contributed by atoms with E-state index in [1.165, 1.54) is 11.8 Å². The lowest BCUT2D eigenvalue weighted by molar-refractivity contribution is -0.118. The number of carbonyl (C=O) groups excluding carboxylic acids is 1. The maximum Gasteiger partial charge on any atom is 0.231 e. The largest absolute Gasteiger partial charge is 0.469 e. The fraction of sp³-hybridized carbons (Fsp3) is 0.211. The monoisotopic (exact) mass is 366 g/mol. The van der Waals surface area contributed by atoms with Crippen molar-refractivity contribution in [2.45, 2.75) is 18.6 Å². The van der Waals surface area contributed by atoms with Gasteiger partial charge in [0.15, 0.2) is 11.0 Å². The number of aromatic nitrogens is 3. The Bertz CT molecular complexity index is 925. The van der Waals surface area contributed by atoms with Crippen molar-refractivity contribution in [2.24, 2.45) is 0 Å². The van der Waals surface area contributed by atoms with Gasteiger partial charge in [-0.1, -0.05) is 48.0 Å². The van der Waals surface area contributed by atoms with Crippen LogP contribution in [0.1, 0.15) is 11.3 Å². The average molecular weight is 366 g/mol. The molecule has 1 amide bonds. The number of thioether (sulfide) groups is 1. The lowest BCUT2D eigenvalue weighted by atomic mass is 10.2. The standard InChI is InChI=1S/C19H18N4O2S/c1-3-10-20-17(24)13-26-19-22-21-18(16-9-11-25-14(16)2)23(19)12-15-7-5-4-6-8-15/h1,4-9,11H,10,12-13H2,2H3,(H,20,24). The number of carbonyl (C=O) groups is 1. The number of rotatable bonds is 7. The highest BCUT2D eigenvalue weighted by Gasteiger charge is 2.18. The summed E-state index contributed by atoms with van der Waals surface area (Å²) in [7, 11) is 0. The van der Waals surface area contributed by atoms with Crippen LogP contribution in [0.5, 0.6) is 0 Å². The predicted octanol–water partition coefficient (Wildman–Crippen LogP) is 2.74. The molecule has 0 fully saturated rings. The normalized spacial score (nSPS) is 10.5. The number of hydrogen-bond acceptors (Lipinski definition) is 5. The van der Waals surface area contributed by atoms with Crippen LogP contribution in [-0.4, -0.2) is 33.0 Å². The molecule has 2 heterocycles. The molecule has 0 saturated heterocycles. The Morgan fingerprint density at radius 3 is 2.81 bits per heavy atom. The molecular weight excluding hydrogens is 348 g/mol. The van der Waals surface area contributed by atoms with Crippen LogP contribution in [0.4, 0.5) is 0 Å². The van der Waals surface area contributed by atoms with E-state index in [2.05, 4.69) is 21.4 Å². The molecule has 0 aliphatic heterocycles. The minimum atomic E-state index is -0.136. The maximum absolute atomic E-state index is 11.8. The Labute approximate surface area is 156 Å². The second kappa shape index (κ2) is 8.41.